The fraction of sp³-hybridized carbons (Fsp3) is 1.00. The Morgan fingerprint density at radius 2 is 1.35 bits per heavy atom. The van der Waals surface area contributed by atoms with Crippen molar-refractivity contribution in [3.63, 3.8) is 0 Å². The molecule has 0 aliphatic rings. The summed E-state index contributed by atoms with van der Waals surface area (Å²) in [6, 6.07) is 0.766. The quantitative estimate of drug-likeness (QED) is 0.359. The van der Waals surface area contributed by atoms with Crippen molar-refractivity contribution in [1.29, 1.82) is 0 Å². The van der Waals surface area contributed by atoms with Crippen LogP contribution in [0, 0.1) is 0 Å². The van der Waals surface area contributed by atoms with Crippen molar-refractivity contribution in [3.8, 4) is 0 Å². The third-order valence-electron chi connectivity index (χ3n) is 2.14. The summed E-state index contributed by atoms with van der Waals surface area (Å²) in [4.78, 5) is 0. The van der Waals surface area contributed by atoms with Crippen LogP contribution < -0.4 is 0 Å². The van der Waals surface area contributed by atoms with E-state index >= 15 is 0 Å². The number of thiol groups is 1. The standard InChI is InChI=1S/C11H26O4SSi/c1-5-12-11(13-6-2)9-10-17(16,14-7-3)15-8-4/h11,16H,5-10H2,1-4H3. The topological polar surface area (TPSA) is 36.9 Å². The van der Waals surface area contributed by atoms with Crippen LogP contribution in [0.1, 0.15) is 34.1 Å². The zero-order valence-corrected chi connectivity index (χ0v) is 13.3. The third kappa shape index (κ3) is 8.18. The molecule has 0 fully saturated rings. The predicted molar refractivity (Wildman–Crippen MR) is 74.5 cm³/mol. The molecule has 0 spiro atoms. The van der Waals surface area contributed by atoms with Crippen LogP contribution in [-0.2, 0) is 18.3 Å². The van der Waals surface area contributed by atoms with Crippen LogP contribution in [0.15, 0.2) is 0 Å². The highest BCUT2D eigenvalue weighted by Gasteiger charge is 2.33. The first-order valence-corrected chi connectivity index (χ1v) is 9.66. The van der Waals surface area contributed by atoms with E-state index < -0.39 is 7.71 Å². The molecule has 0 aromatic carbocycles. The lowest BCUT2D eigenvalue weighted by Gasteiger charge is -2.26. The molecule has 0 amide bonds. The van der Waals surface area contributed by atoms with Gasteiger partial charge in [0.25, 0.3) is 0 Å². The Bertz CT molecular complexity index is 171. The molecular formula is C11H26O4SSi. The van der Waals surface area contributed by atoms with Crippen molar-refractivity contribution in [1.82, 2.24) is 0 Å². The van der Waals surface area contributed by atoms with Crippen molar-refractivity contribution in [2.45, 2.75) is 46.4 Å². The maximum Gasteiger partial charge on any atom is 0.403 e. The van der Waals surface area contributed by atoms with Crippen LogP contribution in [0.25, 0.3) is 0 Å². The highest BCUT2D eigenvalue weighted by molar-refractivity contribution is 8.12. The largest absolute Gasteiger partial charge is 0.403 e. The molecule has 17 heavy (non-hydrogen) atoms. The van der Waals surface area contributed by atoms with Gasteiger partial charge < -0.3 is 18.3 Å². The molecule has 0 heterocycles. The molecule has 6 heteroatoms. The molecule has 0 N–H and O–H groups in total. The molecule has 0 aliphatic carbocycles. The van der Waals surface area contributed by atoms with E-state index in [1.165, 1.54) is 0 Å². The highest BCUT2D eigenvalue weighted by atomic mass is 32.3. The number of hydrogen-bond acceptors (Lipinski definition) is 5. The molecule has 0 saturated heterocycles. The molecule has 0 unspecified atom stereocenters. The van der Waals surface area contributed by atoms with Crippen LogP contribution in [-0.4, -0.2) is 40.4 Å². The Hall–Kier alpha value is 0.407. The monoisotopic (exact) mass is 282 g/mol. The van der Waals surface area contributed by atoms with Gasteiger partial charge in [0.2, 0.25) is 0 Å². The normalized spacial score (nSPS) is 12.4. The molecule has 0 saturated carbocycles. The minimum absolute atomic E-state index is 0.176. The van der Waals surface area contributed by atoms with Crippen LogP contribution in [0.3, 0.4) is 0 Å². The maximum atomic E-state index is 5.65. The summed E-state index contributed by atoms with van der Waals surface area (Å²) in [5.74, 6) is 0. The summed E-state index contributed by atoms with van der Waals surface area (Å²) in [6.45, 7) is 10.4. The summed E-state index contributed by atoms with van der Waals surface area (Å²) in [6.07, 6.45) is 0.585. The van der Waals surface area contributed by atoms with E-state index in [1.807, 2.05) is 27.7 Å². The second-order valence-electron chi connectivity index (χ2n) is 3.46. The second-order valence-corrected chi connectivity index (χ2v) is 8.00. The molecule has 104 valence electrons. The Kier molecular flexibility index (Phi) is 10.6. The number of hydrogen-bond donors (Lipinski definition) is 1. The molecular weight excluding hydrogens is 256 g/mol. The first-order valence-electron chi connectivity index (χ1n) is 6.35. The van der Waals surface area contributed by atoms with Crippen LogP contribution >= 0.6 is 12.1 Å². The van der Waals surface area contributed by atoms with Gasteiger partial charge in [0, 0.05) is 38.9 Å². The fourth-order valence-electron chi connectivity index (χ4n) is 1.52. The van der Waals surface area contributed by atoms with Gasteiger partial charge in [0.05, 0.1) is 0 Å². The van der Waals surface area contributed by atoms with Crippen molar-refractivity contribution in [2.24, 2.45) is 0 Å². The zero-order chi connectivity index (χ0) is 13.1. The molecule has 0 rings (SSSR count). The summed E-state index contributed by atoms with van der Waals surface area (Å²) >= 11 is 4.57. The van der Waals surface area contributed by atoms with Gasteiger partial charge in [-0.2, -0.15) is 0 Å². The Morgan fingerprint density at radius 1 is 0.882 bits per heavy atom. The zero-order valence-electron chi connectivity index (χ0n) is 11.4. The Morgan fingerprint density at radius 3 is 1.71 bits per heavy atom. The molecule has 0 atom stereocenters. The predicted octanol–water partition coefficient (Wildman–Crippen LogP) is 2.72. The van der Waals surface area contributed by atoms with Gasteiger partial charge in [0.15, 0.2) is 6.29 Å². The van der Waals surface area contributed by atoms with Gasteiger partial charge in [-0.3, -0.25) is 0 Å². The smallest absolute Gasteiger partial charge is 0.387 e. The lowest BCUT2D eigenvalue weighted by atomic mass is 10.4. The van der Waals surface area contributed by atoms with Gasteiger partial charge in [-0.15, -0.1) is 12.1 Å². The van der Waals surface area contributed by atoms with Gasteiger partial charge in [0.1, 0.15) is 0 Å². The van der Waals surface area contributed by atoms with E-state index in [0.717, 1.165) is 12.5 Å². The Labute approximate surface area is 111 Å². The highest BCUT2D eigenvalue weighted by Crippen LogP contribution is 2.22. The number of ether oxygens (including phenoxy) is 2. The van der Waals surface area contributed by atoms with E-state index in [1.54, 1.807) is 0 Å². The second kappa shape index (κ2) is 10.3. The molecule has 4 nitrogen and oxygen atoms in total. The van der Waals surface area contributed by atoms with Crippen molar-refractivity contribution >= 4 is 19.8 Å². The van der Waals surface area contributed by atoms with Crippen molar-refractivity contribution in [3.05, 3.63) is 0 Å². The number of rotatable bonds is 11. The van der Waals surface area contributed by atoms with E-state index in [9.17, 15) is 0 Å². The lowest BCUT2D eigenvalue weighted by molar-refractivity contribution is -0.137. The fourth-order valence-corrected chi connectivity index (χ4v) is 4.56. The summed E-state index contributed by atoms with van der Waals surface area (Å²) in [7, 11) is -2.34. The molecule has 0 aliphatic heterocycles. The Balaban J connectivity index is 4.14. The average molecular weight is 282 g/mol. The van der Waals surface area contributed by atoms with Gasteiger partial charge in [-0.1, -0.05) is 0 Å². The third-order valence-corrected chi connectivity index (χ3v) is 5.99. The van der Waals surface area contributed by atoms with E-state index in [4.69, 9.17) is 18.3 Å². The first-order chi connectivity index (χ1) is 8.11. The molecule has 0 bridgehead atoms. The minimum atomic E-state index is -2.34. The van der Waals surface area contributed by atoms with Crippen molar-refractivity contribution in [2.75, 3.05) is 26.4 Å². The van der Waals surface area contributed by atoms with Gasteiger partial charge in [-0.25, -0.2) is 0 Å². The maximum absolute atomic E-state index is 5.65. The van der Waals surface area contributed by atoms with Crippen LogP contribution in [0.4, 0.5) is 0 Å². The summed E-state index contributed by atoms with van der Waals surface area (Å²) in [5, 5.41) is 0. The van der Waals surface area contributed by atoms with E-state index in [0.29, 0.717) is 26.4 Å². The van der Waals surface area contributed by atoms with E-state index in [2.05, 4.69) is 12.1 Å². The van der Waals surface area contributed by atoms with Gasteiger partial charge >= 0.3 is 7.71 Å². The summed E-state index contributed by atoms with van der Waals surface area (Å²) in [5.41, 5.74) is 0. The van der Waals surface area contributed by atoms with Crippen LogP contribution in [0.2, 0.25) is 6.04 Å². The summed E-state index contributed by atoms with van der Waals surface area (Å²) < 4.78 is 22.3. The van der Waals surface area contributed by atoms with Crippen molar-refractivity contribution < 1.29 is 18.3 Å². The first kappa shape index (κ1) is 17.4. The SMILES string of the molecule is CCOC(CC[Si](S)(OCC)OCC)OCC. The van der Waals surface area contributed by atoms with Crippen LogP contribution in [0.5, 0.6) is 0 Å². The molecule has 0 radical (unpaired) electrons. The van der Waals surface area contributed by atoms with Gasteiger partial charge in [-0.05, 0) is 27.7 Å². The molecule has 0 aromatic rings. The lowest BCUT2D eigenvalue weighted by Crippen LogP contribution is -2.37. The minimum Gasteiger partial charge on any atom is -0.387 e. The van der Waals surface area contributed by atoms with E-state index in [-0.39, 0.29) is 6.29 Å². The molecule has 0 aromatic heterocycles. The average Bonchev–Trinajstić information content (AvgIpc) is 2.27.